The van der Waals surface area contributed by atoms with Gasteiger partial charge < -0.3 is 24.8 Å². The van der Waals surface area contributed by atoms with Crippen molar-refractivity contribution in [2.24, 2.45) is 9.98 Å². The largest absolute Gasteiger partial charge is 0.497 e. The zero-order chi connectivity index (χ0) is 30.6. The van der Waals surface area contributed by atoms with E-state index in [1.165, 1.54) is 16.7 Å². The smallest absolute Gasteiger partial charge is 0.259 e. The molecule has 2 N–H and O–H groups in total. The molecule has 0 unspecified atom stereocenters. The Hall–Kier alpha value is -4.84. The lowest BCUT2D eigenvalue weighted by atomic mass is 10.1. The predicted octanol–water partition coefficient (Wildman–Crippen LogP) is 4.63. The lowest BCUT2D eigenvalue weighted by molar-refractivity contribution is -0.125. The number of carbonyl (C=O) groups is 3. The molecule has 44 heavy (non-hydrogen) atoms. The topological polar surface area (TPSA) is 131 Å². The molecule has 0 bridgehead atoms. The van der Waals surface area contributed by atoms with E-state index in [1.54, 1.807) is 31.4 Å². The van der Waals surface area contributed by atoms with Gasteiger partial charge in [0.2, 0.25) is 18.6 Å². The summed E-state index contributed by atoms with van der Waals surface area (Å²) >= 11 is 1.22. The lowest BCUT2D eigenvalue weighted by Gasteiger charge is -2.27. The van der Waals surface area contributed by atoms with Gasteiger partial charge in [-0.15, -0.1) is 0 Å². The van der Waals surface area contributed by atoms with Gasteiger partial charge in [0.1, 0.15) is 17.6 Å². The van der Waals surface area contributed by atoms with E-state index in [-0.39, 0.29) is 37.4 Å². The van der Waals surface area contributed by atoms with Gasteiger partial charge in [0.25, 0.3) is 5.91 Å². The molecule has 12 heteroatoms. The van der Waals surface area contributed by atoms with Crippen LogP contribution < -0.4 is 24.8 Å². The minimum absolute atomic E-state index is 0.118. The molecule has 3 aromatic rings. The SMILES string of the molecule is CC[C@@H](SC1=Nc2ccccc2C2=N[C@@H](CCC(=O)NCc3ccc4c(c3)OCO4)C(=O)N12)C(=O)Nc1cccc(OC)c1. The first-order valence-electron chi connectivity index (χ1n) is 14.3. The average Bonchev–Trinajstić information content (AvgIpc) is 3.65. The number of aliphatic imine (C=N–C) groups is 2. The van der Waals surface area contributed by atoms with Gasteiger partial charge in [-0.2, -0.15) is 0 Å². The number of methoxy groups -OCH3 is 1. The van der Waals surface area contributed by atoms with Crippen molar-refractivity contribution >= 4 is 51.9 Å². The summed E-state index contributed by atoms with van der Waals surface area (Å²) in [6.07, 6.45) is 0.857. The van der Waals surface area contributed by atoms with Crippen molar-refractivity contribution in [2.75, 3.05) is 19.2 Å². The van der Waals surface area contributed by atoms with E-state index in [2.05, 4.69) is 10.6 Å². The van der Waals surface area contributed by atoms with E-state index >= 15 is 0 Å². The van der Waals surface area contributed by atoms with Crippen molar-refractivity contribution in [3.63, 3.8) is 0 Å². The van der Waals surface area contributed by atoms with E-state index < -0.39 is 11.3 Å². The number of hydrogen-bond donors (Lipinski definition) is 2. The van der Waals surface area contributed by atoms with Crippen LogP contribution in [0.5, 0.6) is 17.2 Å². The van der Waals surface area contributed by atoms with Crippen LogP contribution in [0.25, 0.3) is 0 Å². The van der Waals surface area contributed by atoms with Crippen LogP contribution >= 0.6 is 11.8 Å². The highest BCUT2D eigenvalue weighted by Crippen LogP contribution is 2.36. The van der Waals surface area contributed by atoms with Crippen molar-refractivity contribution in [1.82, 2.24) is 10.2 Å². The number of carbonyl (C=O) groups excluding carboxylic acids is 3. The second-order valence-corrected chi connectivity index (χ2v) is 11.5. The number of fused-ring (bicyclic) bond motifs is 4. The third-order valence-corrected chi connectivity index (χ3v) is 8.68. The van der Waals surface area contributed by atoms with Gasteiger partial charge in [0, 0.05) is 30.3 Å². The standard InChI is InChI=1S/C32H31N5O6S/c1-3-27(30(39)34-20-7-6-8-21(16-20)41-2)44-32-36-23-10-5-4-9-22(23)29-35-24(31(40)37(29)32)12-14-28(38)33-17-19-11-13-25-26(15-19)43-18-42-25/h4-11,13,15-16,24,27H,3,12,14,17-18H2,1-2H3,(H,33,38)(H,34,39)/t24-,27+/m0/s1. The summed E-state index contributed by atoms with van der Waals surface area (Å²) < 4.78 is 16.0. The highest BCUT2D eigenvalue weighted by atomic mass is 32.2. The van der Waals surface area contributed by atoms with Crippen LogP contribution in [0.1, 0.15) is 37.3 Å². The molecule has 3 heterocycles. The number of hydrogen-bond acceptors (Lipinski definition) is 9. The van der Waals surface area contributed by atoms with E-state index in [1.807, 2.05) is 49.4 Å². The first kappa shape index (κ1) is 29.2. The van der Waals surface area contributed by atoms with E-state index in [9.17, 15) is 14.4 Å². The van der Waals surface area contributed by atoms with Gasteiger partial charge >= 0.3 is 0 Å². The second kappa shape index (κ2) is 12.8. The van der Waals surface area contributed by atoms with Gasteiger partial charge in [-0.3, -0.25) is 19.4 Å². The van der Waals surface area contributed by atoms with Crippen LogP contribution in [0.2, 0.25) is 0 Å². The number of para-hydroxylation sites is 1. The first-order valence-corrected chi connectivity index (χ1v) is 15.2. The highest BCUT2D eigenvalue weighted by Gasteiger charge is 2.42. The van der Waals surface area contributed by atoms with E-state index in [4.69, 9.17) is 24.2 Å². The lowest BCUT2D eigenvalue weighted by Crippen LogP contribution is -2.42. The van der Waals surface area contributed by atoms with Crippen LogP contribution in [-0.2, 0) is 20.9 Å². The van der Waals surface area contributed by atoms with E-state index in [0.29, 0.717) is 52.6 Å². The molecule has 3 aliphatic heterocycles. The zero-order valence-electron chi connectivity index (χ0n) is 24.2. The van der Waals surface area contributed by atoms with Crippen LogP contribution in [-0.4, -0.2) is 58.8 Å². The molecule has 0 aromatic heterocycles. The predicted molar refractivity (Wildman–Crippen MR) is 168 cm³/mol. The highest BCUT2D eigenvalue weighted by molar-refractivity contribution is 8.15. The molecule has 0 saturated carbocycles. The normalized spacial score (nSPS) is 16.8. The number of nitrogens with zero attached hydrogens (tertiary/aromatic N) is 3. The Kier molecular flexibility index (Phi) is 8.51. The number of anilines is 1. The van der Waals surface area contributed by atoms with Crippen molar-refractivity contribution in [3.05, 3.63) is 77.9 Å². The zero-order valence-corrected chi connectivity index (χ0v) is 25.1. The fourth-order valence-corrected chi connectivity index (χ4v) is 6.07. The quantitative estimate of drug-likeness (QED) is 0.341. The van der Waals surface area contributed by atoms with Crippen LogP contribution in [0.15, 0.2) is 76.7 Å². The van der Waals surface area contributed by atoms with E-state index in [0.717, 1.165) is 11.1 Å². The Labute approximate surface area is 258 Å². The Morgan fingerprint density at radius 2 is 1.93 bits per heavy atom. The molecule has 0 spiro atoms. The minimum atomic E-state index is -0.746. The van der Waals surface area contributed by atoms with Gasteiger partial charge in [-0.1, -0.05) is 43.0 Å². The molecule has 11 nitrogen and oxygen atoms in total. The van der Waals surface area contributed by atoms with Crippen molar-refractivity contribution in [2.45, 2.75) is 44.0 Å². The Bertz CT molecular complexity index is 1670. The Morgan fingerprint density at radius 3 is 2.77 bits per heavy atom. The summed E-state index contributed by atoms with van der Waals surface area (Å²) in [6, 6.07) is 19.4. The fraction of sp³-hybridized carbons (Fsp3) is 0.281. The number of nitrogens with one attached hydrogen (secondary N) is 2. The molecule has 0 aliphatic carbocycles. The number of amidine groups is 2. The number of benzene rings is 3. The molecule has 6 rings (SSSR count). The molecule has 2 atom stereocenters. The monoisotopic (exact) mass is 613 g/mol. The molecular formula is C32H31N5O6S. The molecule has 3 amide bonds. The maximum atomic E-state index is 13.7. The molecule has 0 radical (unpaired) electrons. The van der Waals surface area contributed by atoms with Crippen LogP contribution in [0, 0.1) is 0 Å². The second-order valence-electron chi connectivity index (χ2n) is 10.3. The third-order valence-electron chi connectivity index (χ3n) is 7.37. The Morgan fingerprint density at radius 1 is 1.09 bits per heavy atom. The van der Waals surface area contributed by atoms with Gasteiger partial charge in [0.05, 0.1) is 18.0 Å². The van der Waals surface area contributed by atoms with Gasteiger partial charge in [0.15, 0.2) is 16.7 Å². The average molecular weight is 614 g/mol. The summed E-state index contributed by atoms with van der Waals surface area (Å²) in [4.78, 5) is 50.7. The van der Waals surface area contributed by atoms with Crippen LogP contribution in [0.4, 0.5) is 11.4 Å². The molecule has 0 saturated heterocycles. The van der Waals surface area contributed by atoms with Gasteiger partial charge in [-0.05, 0) is 54.8 Å². The molecule has 3 aromatic carbocycles. The Balaban J connectivity index is 1.13. The summed E-state index contributed by atoms with van der Waals surface area (Å²) in [6.45, 7) is 2.42. The molecule has 226 valence electrons. The van der Waals surface area contributed by atoms with Crippen molar-refractivity contribution in [3.8, 4) is 17.2 Å². The maximum Gasteiger partial charge on any atom is 0.259 e. The summed E-state index contributed by atoms with van der Waals surface area (Å²) in [7, 11) is 1.57. The molecule has 3 aliphatic rings. The minimum Gasteiger partial charge on any atom is -0.497 e. The fourth-order valence-electron chi connectivity index (χ4n) is 5.05. The number of amides is 3. The van der Waals surface area contributed by atoms with Crippen molar-refractivity contribution < 1.29 is 28.6 Å². The number of rotatable bonds is 10. The van der Waals surface area contributed by atoms with Crippen molar-refractivity contribution in [1.29, 1.82) is 0 Å². The maximum absolute atomic E-state index is 13.7. The molecule has 0 fully saturated rings. The van der Waals surface area contributed by atoms with Crippen LogP contribution in [0.3, 0.4) is 0 Å². The first-order chi connectivity index (χ1) is 21.4. The summed E-state index contributed by atoms with van der Waals surface area (Å²) in [5.41, 5.74) is 2.89. The molecular weight excluding hydrogens is 582 g/mol. The summed E-state index contributed by atoms with van der Waals surface area (Å²) in [5, 5.41) is 5.70. The summed E-state index contributed by atoms with van der Waals surface area (Å²) in [5.74, 6) is 1.77. The van der Waals surface area contributed by atoms with Gasteiger partial charge in [-0.25, -0.2) is 9.89 Å². The third kappa shape index (κ3) is 6.11. The number of ether oxygens (including phenoxy) is 3. The number of thioether (sulfide) groups is 1.